The summed E-state index contributed by atoms with van der Waals surface area (Å²) in [4.78, 5) is 20.3. The lowest BCUT2D eigenvalue weighted by atomic mass is 9.80. The Balaban J connectivity index is 1.38. The molecular formula is C26H46N4O4. The van der Waals surface area contributed by atoms with Gasteiger partial charge in [0, 0.05) is 31.4 Å². The predicted octanol–water partition coefficient (Wildman–Crippen LogP) is 2.60. The standard InChI is InChI=1S/C26H46N4O4/c1-3-27-18-26(34,17-25(32)33)11-8-6-4-5-7-9-21-10-13-30-20(2)24(31)16-22(23(30)15-21)29-14-12-28-19-29/h10,12-13,20-24,27,31,34H,3-9,11,14-19H2,1-2H3,(H,32,33)/t20-,21+,22-,23+,24+,26+/m0/s1. The molecule has 1 saturated heterocycles. The molecular weight excluding hydrogens is 432 g/mol. The van der Waals surface area contributed by atoms with Gasteiger partial charge in [-0.05, 0) is 51.3 Å². The first-order valence-corrected chi connectivity index (χ1v) is 13.3. The number of carbonyl (C=O) groups is 1. The minimum atomic E-state index is -1.15. The number of nitrogens with one attached hydrogen (secondary N) is 1. The van der Waals surface area contributed by atoms with Gasteiger partial charge in [-0.1, -0.05) is 45.1 Å². The van der Waals surface area contributed by atoms with Gasteiger partial charge in [-0.25, -0.2) is 0 Å². The van der Waals surface area contributed by atoms with E-state index in [0.717, 1.165) is 51.9 Å². The molecule has 0 amide bonds. The molecule has 0 aromatic heterocycles. The van der Waals surface area contributed by atoms with Crippen molar-refractivity contribution in [2.75, 3.05) is 26.3 Å². The molecule has 0 aromatic rings. The zero-order valence-electron chi connectivity index (χ0n) is 21.1. The fourth-order valence-electron chi connectivity index (χ4n) is 5.93. The van der Waals surface area contributed by atoms with E-state index in [1.807, 2.05) is 13.1 Å². The van der Waals surface area contributed by atoms with Crippen molar-refractivity contribution < 1.29 is 20.1 Å². The molecule has 0 bridgehead atoms. The highest BCUT2D eigenvalue weighted by atomic mass is 16.4. The van der Waals surface area contributed by atoms with E-state index in [1.165, 1.54) is 19.3 Å². The van der Waals surface area contributed by atoms with E-state index in [9.17, 15) is 15.0 Å². The highest BCUT2D eigenvalue weighted by Crippen LogP contribution is 2.36. The average molecular weight is 479 g/mol. The summed E-state index contributed by atoms with van der Waals surface area (Å²) in [5, 5.41) is 33.4. The number of aliphatic hydroxyl groups excluding tert-OH is 1. The number of carboxylic acid groups (broad SMARTS) is 1. The normalized spacial score (nSPS) is 30.9. The number of aliphatic hydroxyl groups is 2. The Morgan fingerprint density at radius 3 is 2.65 bits per heavy atom. The maximum atomic E-state index is 11.1. The van der Waals surface area contributed by atoms with E-state index in [2.05, 4.69) is 39.3 Å². The van der Waals surface area contributed by atoms with E-state index < -0.39 is 11.6 Å². The number of unbranched alkanes of at least 4 members (excludes halogenated alkanes) is 4. The zero-order chi connectivity index (χ0) is 24.6. The molecule has 6 atom stereocenters. The van der Waals surface area contributed by atoms with Crippen LogP contribution < -0.4 is 5.32 Å². The molecule has 0 radical (unpaired) electrons. The molecule has 3 rings (SSSR count). The SMILES string of the molecule is CCNC[C@@](O)(CCCCCCC[C@@H]1C=CN2[C@H](C1)[C@@H](N1CC=NC1)C[C@@H](O)[C@@H]2C)CC(=O)O. The van der Waals surface area contributed by atoms with Gasteiger partial charge in [0.15, 0.2) is 0 Å². The van der Waals surface area contributed by atoms with Crippen molar-refractivity contribution in [1.82, 2.24) is 15.1 Å². The van der Waals surface area contributed by atoms with Crippen molar-refractivity contribution in [2.24, 2.45) is 10.9 Å². The number of rotatable bonds is 14. The number of aliphatic carboxylic acids is 1. The van der Waals surface area contributed by atoms with Crippen molar-refractivity contribution in [3.63, 3.8) is 0 Å². The van der Waals surface area contributed by atoms with Crippen LogP contribution in [0.2, 0.25) is 0 Å². The second-order valence-corrected chi connectivity index (χ2v) is 10.6. The lowest BCUT2D eigenvalue weighted by molar-refractivity contribution is -0.142. The molecule has 194 valence electrons. The number of carboxylic acids is 1. The summed E-state index contributed by atoms with van der Waals surface area (Å²) in [5.74, 6) is -0.364. The Bertz CT molecular complexity index is 694. The average Bonchev–Trinajstić information content (AvgIpc) is 3.34. The topological polar surface area (TPSA) is 109 Å². The third-order valence-corrected chi connectivity index (χ3v) is 7.99. The highest BCUT2D eigenvalue weighted by molar-refractivity contribution is 5.68. The number of aliphatic imine (C=N–C) groups is 1. The summed E-state index contributed by atoms with van der Waals surface area (Å²) < 4.78 is 0. The van der Waals surface area contributed by atoms with Crippen LogP contribution >= 0.6 is 0 Å². The van der Waals surface area contributed by atoms with Crippen LogP contribution in [0.15, 0.2) is 17.3 Å². The smallest absolute Gasteiger partial charge is 0.306 e. The summed E-state index contributed by atoms with van der Waals surface area (Å²) in [7, 11) is 0. The minimum absolute atomic E-state index is 0.161. The zero-order valence-corrected chi connectivity index (χ0v) is 21.1. The van der Waals surface area contributed by atoms with Crippen LogP contribution in [-0.2, 0) is 4.79 Å². The first kappa shape index (κ1) is 27.1. The molecule has 0 aliphatic carbocycles. The van der Waals surface area contributed by atoms with E-state index >= 15 is 0 Å². The highest BCUT2D eigenvalue weighted by Gasteiger charge is 2.43. The summed E-state index contributed by atoms with van der Waals surface area (Å²) in [5.41, 5.74) is -1.15. The van der Waals surface area contributed by atoms with Crippen LogP contribution in [0, 0.1) is 5.92 Å². The quantitative estimate of drug-likeness (QED) is 0.284. The van der Waals surface area contributed by atoms with Gasteiger partial charge in [-0.2, -0.15) is 0 Å². The van der Waals surface area contributed by atoms with E-state index in [0.29, 0.717) is 31.0 Å². The van der Waals surface area contributed by atoms with E-state index in [4.69, 9.17) is 5.11 Å². The van der Waals surface area contributed by atoms with Crippen LogP contribution in [0.5, 0.6) is 0 Å². The van der Waals surface area contributed by atoms with Gasteiger partial charge in [0.1, 0.15) is 0 Å². The van der Waals surface area contributed by atoms with Gasteiger partial charge in [0.05, 0.1) is 30.8 Å². The van der Waals surface area contributed by atoms with Crippen molar-refractivity contribution in [2.45, 2.75) is 108 Å². The monoisotopic (exact) mass is 478 g/mol. The number of fused-ring (bicyclic) bond motifs is 1. The third-order valence-electron chi connectivity index (χ3n) is 7.99. The Morgan fingerprint density at radius 1 is 1.18 bits per heavy atom. The van der Waals surface area contributed by atoms with Gasteiger partial charge in [-0.15, -0.1) is 0 Å². The molecule has 0 aromatic carbocycles. The van der Waals surface area contributed by atoms with Gasteiger partial charge in [0.2, 0.25) is 0 Å². The van der Waals surface area contributed by atoms with Gasteiger partial charge in [-0.3, -0.25) is 14.7 Å². The number of allylic oxidation sites excluding steroid dienone is 1. The fourth-order valence-corrected chi connectivity index (χ4v) is 5.93. The lowest BCUT2D eigenvalue weighted by Gasteiger charge is -2.52. The Kier molecular flexibility index (Phi) is 10.4. The molecule has 0 unspecified atom stereocenters. The van der Waals surface area contributed by atoms with E-state index in [1.54, 1.807) is 0 Å². The Labute approximate surface area is 205 Å². The molecule has 3 heterocycles. The van der Waals surface area contributed by atoms with Gasteiger partial charge < -0.3 is 25.5 Å². The molecule has 0 saturated carbocycles. The van der Waals surface area contributed by atoms with Crippen LogP contribution in [0.3, 0.4) is 0 Å². The van der Waals surface area contributed by atoms with Crippen LogP contribution in [0.25, 0.3) is 0 Å². The number of hydrogen-bond donors (Lipinski definition) is 4. The predicted molar refractivity (Wildman–Crippen MR) is 135 cm³/mol. The van der Waals surface area contributed by atoms with Crippen molar-refractivity contribution in [3.05, 3.63) is 12.3 Å². The fraction of sp³-hybridized carbons (Fsp3) is 0.846. The molecule has 3 aliphatic rings. The third kappa shape index (κ3) is 7.51. The second-order valence-electron chi connectivity index (χ2n) is 10.6. The van der Waals surface area contributed by atoms with Crippen molar-refractivity contribution in [1.29, 1.82) is 0 Å². The molecule has 1 fully saturated rings. The Hall–Kier alpha value is -1.48. The summed E-state index contributed by atoms with van der Waals surface area (Å²) in [6.45, 7) is 6.79. The number of piperidine rings is 1. The molecule has 4 N–H and O–H groups in total. The van der Waals surface area contributed by atoms with E-state index in [-0.39, 0.29) is 18.6 Å². The van der Waals surface area contributed by atoms with Crippen LogP contribution in [0.4, 0.5) is 0 Å². The van der Waals surface area contributed by atoms with Gasteiger partial charge in [0.25, 0.3) is 0 Å². The molecule has 34 heavy (non-hydrogen) atoms. The molecule has 8 nitrogen and oxygen atoms in total. The van der Waals surface area contributed by atoms with Crippen LogP contribution in [-0.4, -0.2) is 93.4 Å². The van der Waals surface area contributed by atoms with Crippen molar-refractivity contribution >= 4 is 12.2 Å². The first-order chi connectivity index (χ1) is 16.3. The molecule has 3 aliphatic heterocycles. The summed E-state index contributed by atoms with van der Waals surface area (Å²) in [6, 6.07) is 0.959. The number of likely N-dealkylation sites (N-methyl/N-ethyl adjacent to an activating group) is 1. The number of hydrogen-bond acceptors (Lipinski definition) is 7. The first-order valence-electron chi connectivity index (χ1n) is 13.3. The largest absolute Gasteiger partial charge is 0.481 e. The molecule has 8 heteroatoms. The summed E-state index contributed by atoms with van der Waals surface area (Å²) in [6.07, 6.45) is 15.1. The molecule has 0 spiro atoms. The number of nitrogens with zero attached hydrogens (tertiary/aromatic N) is 3. The van der Waals surface area contributed by atoms with Gasteiger partial charge >= 0.3 is 5.97 Å². The maximum Gasteiger partial charge on any atom is 0.306 e. The Morgan fingerprint density at radius 2 is 1.94 bits per heavy atom. The van der Waals surface area contributed by atoms with Crippen LogP contribution in [0.1, 0.15) is 78.1 Å². The second kappa shape index (κ2) is 13.0. The maximum absolute atomic E-state index is 11.1. The lowest BCUT2D eigenvalue weighted by Crippen LogP contribution is -2.62. The minimum Gasteiger partial charge on any atom is -0.481 e. The summed E-state index contributed by atoms with van der Waals surface area (Å²) >= 11 is 0. The van der Waals surface area contributed by atoms with Crippen molar-refractivity contribution in [3.8, 4) is 0 Å².